The number of hydrogen-bond donors (Lipinski definition) is 1. The molecule has 0 unspecified atom stereocenters. The van der Waals surface area contributed by atoms with Gasteiger partial charge in [0.05, 0.1) is 4.88 Å². The molecule has 1 N–H and O–H groups in total. The predicted molar refractivity (Wildman–Crippen MR) is 74.4 cm³/mol. The summed E-state index contributed by atoms with van der Waals surface area (Å²) in [7, 11) is 0. The number of thiophene rings is 2. The maximum absolute atomic E-state index is 5.30. The average Bonchev–Trinajstić information content (AvgIpc) is 2.73. The highest BCUT2D eigenvalue weighted by atomic mass is 32.1. The normalized spacial score (nSPS) is 15.8. The molecule has 0 spiro atoms. The highest BCUT2D eigenvalue weighted by Crippen LogP contribution is 2.41. The number of fused-ring (bicyclic) bond motifs is 1. The molecule has 1 saturated carbocycles. The van der Waals surface area contributed by atoms with Crippen molar-refractivity contribution in [1.29, 1.82) is 0 Å². The van der Waals surface area contributed by atoms with Gasteiger partial charge in [-0.2, -0.15) is 5.10 Å². The predicted octanol–water partition coefficient (Wildman–Crippen LogP) is 4.22. The first-order chi connectivity index (χ1) is 8.33. The molecule has 4 rings (SSSR count). The van der Waals surface area contributed by atoms with Crippen LogP contribution in [-0.4, -0.2) is 14.8 Å². The fraction of sp³-hybridized carbons (Fsp3) is 0.273. The molecular formula is C11H9N3S3. The standard InChI is InChI=1S/C11H9N3S3/c15-11-13-12-10(14(11)6-1-2-6)9-5-8-7(17-9)3-4-16-8/h3-6H,1-2H2,(H,13,15). The van der Waals surface area contributed by atoms with Crippen LogP contribution in [0, 0.1) is 4.77 Å². The zero-order valence-corrected chi connectivity index (χ0v) is 11.3. The van der Waals surface area contributed by atoms with Crippen molar-refractivity contribution in [3.05, 3.63) is 22.3 Å². The fourth-order valence-electron chi connectivity index (χ4n) is 2.03. The van der Waals surface area contributed by atoms with E-state index in [1.807, 2.05) is 0 Å². The Morgan fingerprint density at radius 2 is 2.29 bits per heavy atom. The van der Waals surface area contributed by atoms with Crippen molar-refractivity contribution in [3.8, 4) is 10.7 Å². The lowest BCUT2D eigenvalue weighted by Gasteiger charge is -2.01. The zero-order valence-electron chi connectivity index (χ0n) is 8.84. The highest BCUT2D eigenvalue weighted by molar-refractivity contribution is 7.71. The summed E-state index contributed by atoms with van der Waals surface area (Å²) in [4.78, 5) is 1.21. The molecule has 17 heavy (non-hydrogen) atoms. The number of rotatable bonds is 2. The Kier molecular flexibility index (Phi) is 2.06. The Labute approximate surface area is 111 Å². The van der Waals surface area contributed by atoms with Crippen LogP contribution in [0.15, 0.2) is 17.5 Å². The van der Waals surface area contributed by atoms with Crippen molar-refractivity contribution in [2.45, 2.75) is 18.9 Å². The van der Waals surface area contributed by atoms with Gasteiger partial charge in [-0.15, -0.1) is 22.7 Å². The minimum Gasteiger partial charge on any atom is -0.296 e. The summed E-state index contributed by atoms with van der Waals surface area (Å²) >= 11 is 8.87. The smallest absolute Gasteiger partial charge is 0.195 e. The lowest BCUT2D eigenvalue weighted by Crippen LogP contribution is -1.95. The van der Waals surface area contributed by atoms with Crippen LogP contribution in [0.25, 0.3) is 20.1 Å². The number of nitrogens with one attached hydrogen (secondary N) is 1. The third kappa shape index (κ3) is 1.51. The van der Waals surface area contributed by atoms with Gasteiger partial charge < -0.3 is 0 Å². The number of H-pyrrole nitrogens is 1. The van der Waals surface area contributed by atoms with E-state index in [0.717, 1.165) is 10.6 Å². The van der Waals surface area contributed by atoms with E-state index in [4.69, 9.17) is 12.2 Å². The van der Waals surface area contributed by atoms with E-state index in [9.17, 15) is 0 Å². The zero-order chi connectivity index (χ0) is 11.4. The SMILES string of the molecule is S=c1[nH]nc(-c2cc3sccc3s2)n1C1CC1. The summed E-state index contributed by atoms with van der Waals surface area (Å²) in [5.41, 5.74) is 0. The summed E-state index contributed by atoms with van der Waals surface area (Å²) in [5, 5.41) is 9.43. The first-order valence-electron chi connectivity index (χ1n) is 5.47. The maximum atomic E-state index is 5.30. The van der Waals surface area contributed by atoms with Crippen LogP contribution in [0.2, 0.25) is 0 Å². The number of hydrogen-bond acceptors (Lipinski definition) is 4. The number of aromatic nitrogens is 3. The molecule has 3 heterocycles. The largest absolute Gasteiger partial charge is 0.296 e. The summed E-state index contributed by atoms with van der Waals surface area (Å²) in [5.74, 6) is 1.01. The minimum atomic E-state index is 0.566. The third-order valence-corrected chi connectivity index (χ3v) is 5.35. The van der Waals surface area contributed by atoms with Crippen LogP contribution in [0.5, 0.6) is 0 Å². The van der Waals surface area contributed by atoms with Crippen LogP contribution in [0.1, 0.15) is 18.9 Å². The molecule has 1 fully saturated rings. The molecule has 3 aromatic heterocycles. The van der Waals surface area contributed by atoms with Crippen LogP contribution >= 0.6 is 34.9 Å². The molecule has 3 aromatic rings. The molecule has 0 amide bonds. The Morgan fingerprint density at radius 3 is 3.06 bits per heavy atom. The summed E-state index contributed by atoms with van der Waals surface area (Å²) < 4.78 is 5.59. The topological polar surface area (TPSA) is 33.6 Å². The molecule has 1 aliphatic carbocycles. The molecule has 86 valence electrons. The van der Waals surface area contributed by atoms with Crippen molar-refractivity contribution >= 4 is 44.3 Å². The quantitative estimate of drug-likeness (QED) is 0.713. The summed E-state index contributed by atoms with van der Waals surface area (Å²) in [6.07, 6.45) is 2.45. The second-order valence-electron chi connectivity index (χ2n) is 4.21. The molecule has 1 aliphatic rings. The van der Waals surface area contributed by atoms with Crippen LogP contribution in [-0.2, 0) is 0 Å². The highest BCUT2D eigenvalue weighted by Gasteiger charge is 2.28. The second-order valence-corrected chi connectivity index (χ2v) is 6.63. The number of aromatic amines is 1. The van der Waals surface area contributed by atoms with Gasteiger partial charge in [0.1, 0.15) is 0 Å². The minimum absolute atomic E-state index is 0.566. The first kappa shape index (κ1) is 9.99. The molecule has 6 heteroatoms. The molecule has 0 radical (unpaired) electrons. The monoisotopic (exact) mass is 279 g/mol. The molecule has 0 atom stereocenters. The Hall–Kier alpha value is -0.980. The lowest BCUT2D eigenvalue weighted by atomic mass is 10.4. The maximum Gasteiger partial charge on any atom is 0.195 e. The fourth-order valence-corrected chi connectivity index (χ4v) is 4.40. The Bertz CT molecular complexity index is 713. The van der Waals surface area contributed by atoms with Gasteiger partial charge in [0, 0.05) is 15.4 Å². The van der Waals surface area contributed by atoms with Crippen molar-refractivity contribution in [2.75, 3.05) is 0 Å². The lowest BCUT2D eigenvalue weighted by molar-refractivity contribution is 0.736. The van der Waals surface area contributed by atoms with E-state index in [1.54, 1.807) is 22.7 Å². The molecule has 0 saturated heterocycles. The third-order valence-electron chi connectivity index (χ3n) is 2.98. The van der Waals surface area contributed by atoms with Crippen LogP contribution in [0.3, 0.4) is 0 Å². The van der Waals surface area contributed by atoms with Gasteiger partial charge in [-0.3, -0.25) is 9.67 Å². The van der Waals surface area contributed by atoms with Crippen molar-refractivity contribution < 1.29 is 0 Å². The molecular weight excluding hydrogens is 270 g/mol. The van der Waals surface area contributed by atoms with Crippen LogP contribution < -0.4 is 0 Å². The molecule has 0 bridgehead atoms. The second kappa shape index (κ2) is 3.51. The Morgan fingerprint density at radius 1 is 1.41 bits per heavy atom. The van der Waals surface area contributed by atoms with Gasteiger partial charge in [0.25, 0.3) is 0 Å². The van der Waals surface area contributed by atoms with Crippen molar-refractivity contribution in [2.24, 2.45) is 0 Å². The summed E-state index contributed by atoms with van der Waals surface area (Å²) in [6, 6.07) is 4.95. The van der Waals surface area contributed by atoms with E-state index in [0.29, 0.717) is 6.04 Å². The molecule has 0 aromatic carbocycles. The van der Waals surface area contributed by atoms with Gasteiger partial charge in [-0.1, -0.05) is 0 Å². The van der Waals surface area contributed by atoms with Crippen molar-refractivity contribution in [3.63, 3.8) is 0 Å². The molecule has 3 nitrogen and oxygen atoms in total. The van der Waals surface area contributed by atoms with Gasteiger partial charge >= 0.3 is 0 Å². The van der Waals surface area contributed by atoms with Crippen molar-refractivity contribution in [1.82, 2.24) is 14.8 Å². The van der Waals surface area contributed by atoms with Gasteiger partial charge in [0.15, 0.2) is 10.6 Å². The molecule has 0 aliphatic heterocycles. The van der Waals surface area contributed by atoms with E-state index in [1.165, 1.54) is 27.1 Å². The van der Waals surface area contributed by atoms with Crippen LogP contribution in [0.4, 0.5) is 0 Å². The Balaban J connectivity index is 1.94. The van der Waals surface area contributed by atoms with Gasteiger partial charge in [0.2, 0.25) is 0 Å². The summed E-state index contributed by atoms with van der Waals surface area (Å²) in [6.45, 7) is 0. The number of nitrogens with zero attached hydrogens (tertiary/aromatic N) is 2. The van der Waals surface area contributed by atoms with Gasteiger partial charge in [-0.05, 0) is 42.6 Å². The average molecular weight is 279 g/mol. The van der Waals surface area contributed by atoms with E-state index in [2.05, 4.69) is 32.3 Å². The van der Waals surface area contributed by atoms with E-state index in [-0.39, 0.29) is 0 Å². The van der Waals surface area contributed by atoms with Gasteiger partial charge in [-0.25, -0.2) is 0 Å². The first-order valence-corrected chi connectivity index (χ1v) is 7.58. The van der Waals surface area contributed by atoms with E-state index < -0.39 is 0 Å². The van der Waals surface area contributed by atoms with E-state index >= 15 is 0 Å².